The number of nitrogens with one attached hydrogen (secondary N) is 2. The molecule has 1 amide bonds. The van der Waals surface area contributed by atoms with Gasteiger partial charge in [0.1, 0.15) is 5.75 Å². The van der Waals surface area contributed by atoms with E-state index < -0.39 is 10.0 Å². The van der Waals surface area contributed by atoms with Crippen LogP contribution in [0.15, 0.2) is 84.4 Å². The van der Waals surface area contributed by atoms with Crippen LogP contribution in [0.5, 0.6) is 11.6 Å². The minimum Gasteiger partial charge on any atom is -0.439 e. The summed E-state index contributed by atoms with van der Waals surface area (Å²) < 4.78 is 33.6. The second kappa shape index (κ2) is 9.87. The number of amides is 1. The van der Waals surface area contributed by atoms with Crippen LogP contribution in [0.3, 0.4) is 0 Å². The van der Waals surface area contributed by atoms with Gasteiger partial charge in [-0.2, -0.15) is 0 Å². The van der Waals surface area contributed by atoms with Crippen molar-refractivity contribution in [3.8, 4) is 11.6 Å². The number of sulfonamides is 1. The van der Waals surface area contributed by atoms with E-state index in [9.17, 15) is 13.2 Å². The molecule has 0 aliphatic rings. The molecule has 33 heavy (non-hydrogen) atoms. The average Bonchev–Trinajstić information content (AvgIpc) is 2.78. The molecule has 172 valence electrons. The van der Waals surface area contributed by atoms with E-state index in [-0.39, 0.29) is 16.2 Å². The number of ether oxygens (including phenoxy) is 1. The number of benzene rings is 2. The Labute approximate surface area is 194 Å². The number of nitrogens with zero attached hydrogens (tertiary/aromatic N) is 1. The van der Waals surface area contributed by atoms with Gasteiger partial charge in [0, 0.05) is 24.5 Å². The van der Waals surface area contributed by atoms with Gasteiger partial charge in [-0.25, -0.2) is 13.4 Å². The van der Waals surface area contributed by atoms with Crippen molar-refractivity contribution >= 4 is 21.6 Å². The van der Waals surface area contributed by atoms with E-state index in [0.29, 0.717) is 29.4 Å². The van der Waals surface area contributed by atoms with E-state index in [2.05, 4.69) is 42.4 Å². The number of hydrogen-bond acceptors (Lipinski definition) is 5. The molecule has 0 fully saturated rings. The highest BCUT2D eigenvalue weighted by molar-refractivity contribution is 7.92. The molecule has 0 aliphatic carbocycles. The number of carbonyl (C=O) groups excluding carboxylic acids is 1. The molecular formula is C25H27N3O4S. The predicted molar refractivity (Wildman–Crippen MR) is 129 cm³/mol. The molecule has 0 saturated heterocycles. The van der Waals surface area contributed by atoms with Crippen molar-refractivity contribution in [2.75, 3.05) is 11.3 Å². The highest BCUT2D eigenvalue weighted by Crippen LogP contribution is 2.26. The van der Waals surface area contributed by atoms with Crippen molar-refractivity contribution < 1.29 is 17.9 Å². The fourth-order valence-corrected chi connectivity index (χ4v) is 3.96. The van der Waals surface area contributed by atoms with Crippen molar-refractivity contribution in [2.45, 2.75) is 31.1 Å². The smallest absolute Gasteiger partial charge is 0.261 e. The van der Waals surface area contributed by atoms with Gasteiger partial charge in [-0.05, 0) is 53.4 Å². The molecule has 0 atom stereocenters. The number of hydrogen-bond donors (Lipinski definition) is 2. The van der Waals surface area contributed by atoms with Crippen LogP contribution in [0.2, 0.25) is 0 Å². The first kappa shape index (κ1) is 24.0. The topological polar surface area (TPSA) is 97.4 Å². The summed E-state index contributed by atoms with van der Waals surface area (Å²) in [5.41, 5.74) is 1.81. The van der Waals surface area contributed by atoms with Crippen LogP contribution in [0, 0.1) is 0 Å². The SMILES string of the molecule is C=CCNC(=O)c1ccc(Oc2ccc(NS(=O)(=O)c3ccc(C(C)(C)C)cc3)cc2)nc1. The first-order valence-corrected chi connectivity index (χ1v) is 11.8. The molecule has 0 spiro atoms. The van der Waals surface area contributed by atoms with Crippen molar-refractivity contribution in [3.05, 3.63) is 90.6 Å². The number of pyridine rings is 1. The third kappa shape index (κ3) is 6.43. The zero-order valence-electron chi connectivity index (χ0n) is 18.8. The van der Waals surface area contributed by atoms with Gasteiger partial charge in [0.2, 0.25) is 5.88 Å². The van der Waals surface area contributed by atoms with Crippen LogP contribution in [0.1, 0.15) is 36.7 Å². The minimum absolute atomic E-state index is 0.0569. The van der Waals surface area contributed by atoms with Crippen LogP contribution >= 0.6 is 0 Å². The van der Waals surface area contributed by atoms with Crippen molar-refractivity contribution in [2.24, 2.45) is 0 Å². The van der Waals surface area contributed by atoms with E-state index in [0.717, 1.165) is 5.56 Å². The van der Waals surface area contributed by atoms with E-state index in [1.807, 2.05) is 12.1 Å². The largest absolute Gasteiger partial charge is 0.439 e. The molecule has 3 aromatic rings. The van der Waals surface area contributed by atoms with Crippen LogP contribution in [-0.2, 0) is 15.4 Å². The van der Waals surface area contributed by atoms with E-state index in [1.54, 1.807) is 54.6 Å². The Hall–Kier alpha value is -3.65. The maximum absolute atomic E-state index is 12.7. The highest BCUT2D eigenvalue weighted by Gasteiger charge is 2.18. The highest BCUT2D eigenvalue weighted by atomic mass is 32.2. The summed E-state index contributed by atoms with van der Waals surface area (Å²) in [6.07, 6.45) is 3.01. The molecular weight excluding hydrogens is 438 g/mol. The molecule has 7 nitrogen and oxygen atoms in total. The summed E-state index contributed by atoms with van der Waals surface area (Å²) in [6, 6.07) is 16.5. The zero-order valence-corrected chi connectivity index (χ0v) is 19.6. The lowest BCUT2D eigenvalue weighted by Crippen LogP contribution is -2.23. The molecule has 1 aromatic heterocycles. The van der Waals surface area contributed by atoms with E-state index in [1.165, 1.54) is 6.20 Å². The van der Waals surface area contributed by atoms with Crippen LogP contribution in [0.4, 0.5) is 5.69 Å². The van der Waals surface area contributed by atoms with Gasteiger partial charge in [-0.1, -0.05) is 39.0 Å². The van der Waals surface area contributed by atoms with Gasteiger partial charge in [0.15, 0.2) is 0 Å². The Kier molecular flexibility index (Phi) is 7.18. The second-order valence-electron chi connectivity index (χ2n) is 8.39. The minimum atomic E-state index is -3.71. The molecule has 0 saturated carbocycles. The molecule has 3 rings (SSSR count). The van der Waals surface area contributed by atoms with Crippen LogP contribution < -0.4 is 14.8 Å². The number of aromatic nitrogens is 1. The Morgan fingerprint density at radius 3 is 2.24 bits per heavy atom. The zero-order chi connectivity index (χ0) is 24.1. The predicted octanol–water partition coefficient (Wildman–Crippen LogP) is 4.89. The van der Waals surface area contributed by atoms with Crippen molar-refractivity contribution in [1.29, 1.82) is 0 Å². The molecule has 0 aliphatic heterocycles. The maximum Gasteiger partial charge on any atom is 0.261 e. The summed E-state index contributed by atoms with van der Waals surface area (Å²) in [5, 5.41) is 2.67. The normalized spacial score (nSPS) is 11.5. The lowest BCUT2D eigenvalue weighted by atomic mass is 9.87. The van der Waals surface area contributed by atoms with Crippen molar-refractivity contribution in [3.63, 3.8) is 0 Å². The molecule has 2 N–H and O–H groups in total. The lowest BCUT2D eigenvalue weighted by Gasteiger charge is -2.19. The summed E-state index contributed by atoms with van der Waals surface area (Å²) in [5.74, 6) is 0.532. The number of carbonyl (C=O) groups is 1. The van der Waals surface area contributed by atoms with Gasteiger partial charge in [-0.3, -0.25) is 9.52 Å². The Morgan fingerprint density at radius 2 is 1.70 bits per heavy atom. The Balaban J connectivity index is 1.64. The number of rotatable bonds is 8. The second-order valence-corrected chi connectivity index (χ2v) is 10.1. The molecule has 2 aromatic carbocycles. The first-order chi connectivity index (χ1) is 15.6. The summed E-state index contributed by atoms with van der Waals surface area (Å²) in [4.78, 5) is 16.2. The molecule has 0 radical (unpaired) electrons. The first-order valence-electron chi connectivity index (χ1n) is 10.3. The fraction of sp³-hybridized carbons (Fsp3) is 0.200. The van der Waals surface area contributed by atoms with Gasteiger partial charge in [0.05, 0.1) is 10.5 Å². The molecule has 8 heteroatoms. The summed E-state index contributed by atoms with van der Waals surface area (Å²) in [7, 11) is -3.71. The monoisotopic (exact) mass is 465 g/mol. The lowest BCUT2D eigenvalue weighted by molar-refractivity contribution is 0.0957. The standard InChI is InChI=1S/C25H27N3O4S/c1-5-16-26-24(29)18-6-15-23(27-17-18)32-21-11-9-20(10-12-21)28-33(30,31)22-13-7-19(8-14-22)25(2,3)4/h5-15,17,28H,1,16H2,2-4H3,(H,26,29). The third-order valence-corrected chi connectivity index (χ3v) is 6.16. The maximum atomic E-state index is 12.7. The fourth-order valence-electron chi connectivity index (χ4n) is 2.90. The van der Waals surface area contributed by atoms with Crippen molar-refractivity contribution in [1.82, 2.24) is 10.3 Å². The quantitative estimate of drug-likeness (QED) is 0.462. The third-order valence-electron chi connectivity index (χ3n) is 4.77. The van der Waals surface area contributed by atoms with Gasteiger partial charge in [-0.15, -0.1) is 6.58 Å². The van der Waals surface area contributed by atoms with E-state index in [4.69, 9.17) is 4.74 Å². The Bertz CT molecular complexity index is 1210. The van der Waals surface area contributed by atoms with Crippen LogP contribution in [0.25, 0.3) is 0 Å². The molecule has 1 heterocycles. The van der Waals surface area contributed by atoms with Gasteiger partial charge < -0.3 is 10.1 Å². The molecule has 0 unspecified atom stereocenters. The Morgan fingerprint density at radius 1 is 1.03 bits per heavy atom. The van der Waals surface area contributed by atoms with Crippen LogP contribution in [-0.4, -0.2) is 25.9 Å². The number of anilines is 1. The average molecular weight is 466 g/mol. The summed E-state index contributed by atoms with van der Waals surface area (Å²) >= 11 is 0. The molecule has 0 bridgehead atoms. The summed E-state index contributed by atoms with van der Waals surface area (Å²) in [6.45, 7) is 10.1. The van der Waals surface area contributed by atoms with E-state index >= 15 is 0 Å². The van der Waals surface area contributed by atoms with Gasteiger partial charge >= 0.3 is 0 Å². The van der Waals surface area contributed by atoms with Gasteiger partial charge in [0.25, 0.3) is 15.9 Å².